The molecule has 1 aromatic rings. The summed E-state index contributed by atoms with van der Waals surface area (Å²) < 4.78 is 22.9. The Kier molecular flexibility index (Phi) is 6.04. The minimum absolute atomic E-state index is 0.0372. The molecule has 3 N–H and O–H groups in total. The molecule has 1 unspecified atom stereocenters. The van der Waals surface area contributed by atoms with Crippen LogP contribution in [0.15, 0.2) is 17.0 Å². The number of halogens is 2. The van der Waals surface area contributed by atoms with Crippen LogP contribution in [0.2, 0.25) is 10.0 Å². The summed E-state index contributed by atoms with van der Waals surface area (Å²) in [7, 11) is -4.06. The zero-order valence-corrected chi connectivity index (χ0v) is 14.3. The van der Waals surface area contributed by atoms with Gasteiger partial charge in [0.2, 0.25) is 10.0 Å². The molecule has 0 radical (unpaired) electrons. The lowest BCUT2D eigenvalue weighted by Crippen LogP contribution is -2.33. The van der Waals surface area contributed by atoms with Gasteiger partial charge < -0.3 is 5.32 Å². The van der Waals surface area contributed by atoms with Gasteiger partial charge in [-0.15, -0.1) is 0 Å². The molecule has 1 atom stereocenters. The van der Waals surface area contributed by atoms with Crippen LogP contribution < -0.4 is 10.5 Å². The number of rotatable bonds is 5. The number of nitrogens with one attached hydrogen (secondary N) is 1. The number of carbonyl (C=O) groups is 1. The van der Waals surface area contributed by atoms with E-state index >= 15 is 0 Å². The fraction of sp³-hybridized carbons (Fsp3) is 0.462. The van der Waals surface area contributed by atoms with Crippen LogP contribution in [0.4, 0.5) is 0 Å². The quantitative estimate of drug-likeness (QED) is 0.853. The summed E-state index contributed by atoms with van der Waals surface area (Å²) in [6, 6.07) is 2.39. The molecule has 5 nitrogen and oxygen atoms in total. The first-order valence-corrected chi connectivity index (χ1v) is 8.65. The minimum Gasteiger partial charge on any atom is -0.350 e. The van der Waals surface area contributed by atoms with Gasteiger partial charge in [0.05, 0.1) is 10.0 Å². The van der Waals surface area contributed by atoms with Crippen LogP contribution in [0.1, 0.15) is 37.6 Å². The molecular weight excluding hydrogens is 335 g/mol. The number of hydrogen-bond donors (Lipinski definition) is 2. The van der Waals surface area contributed by atoms with Gasteiger partial charge in [-0.05, 0) is 31.4 Å². The maximum absolute atomic E-state index is 12.1. The van der Waals surface area contributed by atoms with Gasteiger partial charge in [0.15, 0.2) is 0 Å². The number of nitrogens with two attached hydrogens (primary N) is 1. The summed E-state index contributed by atoms with van der Waals surface area (Å²) in [5.41, 5.74) is 0.101. The second-order valence-electron chi connectivity index (χ2n) is 5.32. The molecule has 0 aliphatic heterocycles. The van der Waals surface area contributed by atoms with Crippen LogP contribution in [0.3, 0.4) is 0 Å². The first kappa shape index (κ1) is 18.2. The Bertz CT molecular complexity index is 645. The van der Waals surface area contributed by atoms with Crippen molar-refractivity contribution in [3.8, 4) is 0 Å². The van der Waals surface area contributed by atoms with Gasteiger partial charge >= 0.3 is 0 Å². The monoisotopic (exact) mass is 352 g/mol. The Hall–Kier alpha value is -0.820. The Labute approximate surface area is 134 Å². The highest BCUT2D eigenvalue weighted by atomic mass is 35.5. The summed E-state index contributed by atoms with van der Waals surface area (Å²) in [6.07, 6.45) is 0.801. The molecule has 0 saturated carbocycles. The predicted octanol–water partition coefficient (Wildman–Crippen LogP) is 2.81. The average Bonchev–Trinajstić information content (AvgIpc) is 2.29. The van der Waals surface area contributed by atoms with Crippen molar-refractivity contribution in [1.29, 1.82) is 0 Å². The van der Waals surface area contributed by atoms with Crippen LogP contribution in [-0.2, 0) is 10.0 Å². The molecule has 0 saturated heterocycles. The number of carbonyl (C=O) groups excluding carboxylic acids is 1. The van der Waals surface area contributed by atoms with E-state index in [0.717, 1.165) is 12.5 Å². The number of amides is 1. The van der Waals surface area contributed by atoms with Crippen molar-refractivity contribution in [3.63, 3.8) is 0 Å². The first-order valence-electron chi connectivity index (χ1n) is 6.35. The maximum Gasteiger partial charge on any atom is 0.251 e. The lowest BCUT2D eigenvalue weighted by Gasteiger charge is -2.16. The molecule has 0 spiro atoms. The summed E-state index contributed by atoms with van der Waals surface area (Å²) in [5, 5.41) is 7.61. The molecule has 1 amide bonds. The van der Waals surface area contributed by atoms with Gasteiger partial charge in [0.25, 0.3) is 5.91 Å². The van der Waals surface area contributed by atoms with E-state index in [-0.39, 0.29) is 26.5 Å². The lowest BCUT2D eigenvalue weighted by molar-refractivity contribution is 0.0936. The Balaban J connectivity index is 3.09. The topological polar surface area (TPSA) is 89.3 Å². The highest BCUT2D eigenvalue weighted by molar-refractivity contribution is 7.89. The third kappa shape index (κ3) is 5.14. The Morgan fingerprint density at radius 3 is 2.33 bits per heavy atom. The number of hydrogen-bond acceptors (Lipinski definition) is 3. The molecule has 0 bridgehead atoms. The van der Waals surface area contributed by atoms with Crippen LogP contribution in [0, 0.1) is 5.92 Å². The van der Waals surface area contributed by atoms with E-state index in [1.807, 2.05) is 20.8 Å². The van der Waals surface area contributed by atoms with Gasteiger partial charge in [0.1, 0.15) is 4.90 Å². The molecule has 8 heteroatoms. The van der Waals surface area contributed by atoms with E-state index in [2.05, 4.69) is 5.32 Å². The highest BCUT2D eigenvalue weighted by Gasteiger charge is 2.20. The second kappa shape index (κ2) is 6.96. The molecular formula is C13H18Cl2N2O3S. The zero-order chi connectivity index (χ0) is 16.4. The summed E-state index contributed by atoms with van der Waals surface area (Å²) in [5.74, 6) is 0.000651. The van der Waals surface area contributed by atoms with Crippen molar-refractivity contribution < 1.29 is 13.2 Å². The lowest BCUT2D eigenvalue weighted by atomic mass is 10.0. The van der Waals surface area contributed by atoms with Gasteiger partial charge in [0, 0.05) is 11.6 Å². The van der Waals surface area contributed by atoms with Crippen LogP contribution >= 0.6 is 23.2 Å². The van der Waals surface area contributed by atoms with E-state index in [1.165, 1.54) is 6.07 Å². The van der Waals surface area contributed by atoms with Gasteiger partial charge in [-0.1, -0.05) is 37.0 Å². The van der Waals surface area contributed by atoms with Gasteiger partial charge in [-0.3, -0.25) is 4.79 Å². The Morgan fingerprint density at radius 2 is 1.86 bits per heavy atom. The normalized spacial score (nSPS) is 13.3. The largest absolute Gasteiger partial charge is 0.350 e. The SMILES string of the molecule is CC(C)CC(C)NC(=O)c1cc(Cl)c(Cl)c(S(N)(=O)=O)c1. The zero-order valence-electron chi connectivity index (χ0n) is 12.0. The van der Waals surface area contributed by atoms with E-state index in [0.29, 0.717) is 5.92 Å². The van der Waals surface area contributed by atoms with Gasteiger partial charge in [-0.2, -0.15) is 0 Å². The summed E-state index contributed by atoms with van der Waals surface area (Å²) in [6.45, 7) is 5.96. The van der Waals surface area contributed by atoms with Crippen LogP contribution in [0.25, 0.3) is 0 Å². The molecule has 0 aliphatic rings. The fourth-order valence-electron chi connectivity index (χ4n) is 1.98. The number of primary sulfonamides is 1. The van der Waals surface area contributed by atoms with Crippen molar-refractivity contribution in [2.75, 3.05) is 0 Å². The number of benzene rings is 1. The van der Waals surface area contributed by atoms with Crippen LogP contribution in [-0.4, -0.2) is 20.4 Å². The highest BCUT2D eigenvalue weighted by Crippen LogP contribution is 2.30. The molecule has 0 aromatic heterocycles. The molecule has 118 valence electrons. The molecule has 1 rings (SSSR count). The molecule has 21 heavy (non-hydrogen) atoms. The molecule has 0 heterocycles. The minimum atomic E-state index is -4.06. The molecule has 0 aliphatic carbocycles. The number of sulfonamides is 1. The smallest absolute Gasteiger partial charge is 0.251 e. The fourth-order valence-corrected chi connectivity index (χ4v) is 3.33. The van der Waals surface area contributed by atoms with E-state index in [9.17, 15) is 13.2 Å². The van der Waals surface area contributed by atoms with Crippen molar-refractivity contribution in [1.82, 2.24) is 5.32 Å². The second-order valence-corrected chi connectivity index (χ2v) is 7.63. The third-order valence-corrected chi connectivity index (χ3v) is 4.62. The molecule has 0 fully saturated rings. The summed E-state index contributed by atoms with van der Waals surface area (Å²) >= 11 is 11.7. The van der Waals surface area contributed by atoms with Crippen molar-refractivity contribution in [2.24, 2.45) is 11.1 Å². The van der Waals surface area contributed by atoms with Crippen molar-refractivity contribution in [2.45, 2.75) is 38.1 Å². The standard InChI is InChI=1S/C13H18Cl2N2O3S/c1-7(2)4-8(3)17-13(18)9-5-10(14)12(15)11(6-9)21(16,19)20/h5-8H,4H2,1-3H3,(H,17,18)(H2,16,19,20). The first-order chi connectivity index (χ1) is 9.52. The maximum atomic E-state index is 12.1. The molecule has 1 aromatic carbocycles. The van der Waals surface area contributed by atoms with Crippen molar-refractivity contribution >= 4 is 39.1 Å². The predicted molar refractivity (Wildman–Crippen MR) is 84.2 cm³/mol. The van der Waals surface area contributed by atoms with Crippen LogP contribution in [0.5, 0.6) is 0 Å². The van der Waals surface area contributed by atoms with Crippen molar-refractivity contribution in [3.05, 3.63) is 27.7 Å². The summed E-state index contributed by atoms with van der Waals surface area (Å²) in [4.78, 5) is 11.8. The third-order valence-electron chi connectivity index (χ3n) is 2.77. The van der Waals surface area contributed by atoms with E-state index < -0.39 is 15.9 Å². The average molecular weight is 353 g/mol. The van der Waals surface area contributed by atoms with E-state index in [4.69, 9.17) is 28.3 Å². The van der Waals surface area contributed by atoms with E-state index in [1.54, 1.807) is 0 Å². The Morgan fingerprint density at radius 1 is 1.29 bits per heavy atom. The van der Waals surface area contributed by atoms with Gasteiger partial charge in [-0.25, -0.2) is 13.6 Å².